The second-order valence-electron chi connectivity index (χ2n) is 5.60. The molecule has 21 heavy (non-hydrogen) atoms. The molecule has 0 aromatic carbocycles. The number of rotatable bonds is 7. The van der Waals surface area contributed by atoms with E-state index < -0.39 is 17.7 Å². The number of amides is 1. The summed E-state index contributed by atoms with van der Waals surface area (Å²) in [5, 5.41) is 2.82. The average molecular weight is 364 g/mol. The molecule has 0 aliphatic heterocycles. The van der Waals surface area contributed by atoms with Gasteiger partial charge < -0.3 is 14.8 Å². The number of esters is 1. The van der Waals surface area contributed by atoms with Crippen molar-refractivity contribution in [1.29, 1.82) is 0 Å². The molecule has 0 bridgehead atoms. The molecular formula is C15H26BrNO4. The summed E-state index contributed by atoms with van der Waals surface area (Å²) in [5.74, 6) is -0.394. The smallest absolute Gasteiger partial charge is 0.407 e. The first-order chi connectivity index (χ1) is 9.69. The van der Waals surface area contributed by atoms with E-state index >= 15 is 0 Å². The van der Waals surface area contributed by atoms with Crippen LogP contribution in [0.4, 0.5) is 4.79 Å². The minimum atomic E-state index is -0.538. The maximum atomic E-state index is 11.8. The Balaban J connectivity index is 4.59. The van der Waals surface area contributed by atoms with Crippen molar-refractivity contribution < 1.29 is 19.1 Å². The van der Waals surface area contributed by atoms with Gasteiger partial charge in [0.05, 0.1) is 11.4 Å². The number of carbonyl (C=O) groups is 2. The second kappa shape index (κ2) is 9.82. The summed E-state index contributed by atoms with van der Waals surface area (Å²) in [6.07, 6.45) is 4.24. The van der Waals surface area contributed by atoms with Gasteiger partial charge in [-0.3, -0.25) is 0 Å². The van der Waals surface area contributed by atoms with E-state index in [1.54, 1.807) is 13.0 Å². The van der Waals surface area contributed by atoms with Crippen LogP contribution in [0.3, 0.4) is 0 Å². The number of halogens is 1. The number of alkyl carbamates (subject to hydrolysis) is 1. The minimum absolute atomic E-state index is 0.157. The molecule has 0 aromatic heterocycles. The van der Waals surface area contributed by atoms with Gasteiger partial charge in [0.15, 0.2) is 0 Å². The minimum Gasteiger partial charge on any atom is -0.463 e. The lowest BCUT2D eigenvalue weighted by molar-refractivity contribution is -0.137. The molecule has 0 radical (unpaired) electrons. The number of carbonyl (C=O) groups excluding carboxylic acids is 2. The van der Waals surface area contributed by atoms with Gasteiger partial charge in [0.2, 0.25) is 0 Å². The molecule has 0 aromatic rings. The molecule has 0 aliphatic carbocycles. The number of alkyl halides is 1. The zero-order valence-electron chi connectivity index (χ0n) is 13.4. The van der Waals surface area contributed by atoms with Gasteiger partial charge in [-0.1, -0.05) is 35.4 Å². The van der Waals surface area contributed by atoms with Gasteiger partial charge >= 0.3 is 12.1 Å². The fraction of sp³-hybridized carbons (Fsp3) is 0.733. The molecule has 1 amide bonds. The molecule has 5 nitrogen and oxygen atoms in total. The van der Waals surface area contributed by atoms with Crippen LogP contribution >= 0.6 is 15.9 Å². The van der Waals surface area contributed by atoms with Crippen LogP contribution in [0.15, 0.2) is 12.2 Å². The zero-order chi connectivity index (χ0) is 16.5. The van der Waals surface area contributed by atoms with Gasteiger partial charge in [0, 0.05) is 12.1 Å². The van der Waals surface area contributed by atoms with E-state index in [0.29, 0.717) is 6.61 Å². The lowest BCUT2D eigenvalue weighted by Gasteiger charge is -2.25. The highest BCUT2D eigenvalue weighted by Crippen LogP contribution is 2.14. The molecule has 2 atom stereocenters. The number of hydrogen-bond acceptors (Lipinski definition) is 4. The Kier molecular flexibility index (Phi) is 9.33. The Morgan fingerprint density at radius 1 is 1.29 bits per heavy atom. The lowest BCUT2D eigenvalue weighted by Crippen LogP contribution is -2.43. The van der Waals surface area contributed by atoms with Crippen LogP contribution in [-0.4, -0.2) is 35.1 Å². The maximum absolute atomic E-state index is 11.8. The number of ether oxygens (including phenoxy) is 2. The normalized spacial score (nSPS) is 14.6. The van der Waals surface area contributed by atoms with Crippen LogP contribution in [0, 0.1) is 0 Å². The van der Waals surface area contributed by atoms with E-state index in [1.807, 2.05) is 27.7 Å². The first-order valence-corrected chi connectivity index (χ1v) is 8.09. The average Bonchev–Trinajstić information content (AvgIpc) is 2.33. The Morgan fingerprint density at radius 3 is 2.38 bits per heavy atom. The van der Waals surface area contributed by atoms with Crippen LogP contribution in [0.25, 0.3) is 0 Å². The zero-order valence-corrected chi connectivity index (χ0v) is 15.0. The van der Waals surface area contributed by atoms with Crippen LogP contribution in [0.2, 0.25) is 0 Å². The molecule has 0 fully saturated rings. The molecule has 0 saturated carbocycles. The van der Waals surface area contributed by atoms with Crippen molar-refractivity contribution in [2.24, 2.45) is 0 Å². The lowest BCUT2D eigenvalue weighted by atomic mass is 10.1. The third kappa shape index (κ3) is 10.3. The van der Waals surface area contributed by atoms with E-state index in [-0.39, 0.29) is 10.9 Å². The predicted octanol–water partition coefficient (Wildman–Crippen LogP) is 3.56. The first kappa shape index (κ1) is 20.0. The number of hydrogen-bond donors (Lipinski definition) is 1. The highest BCUT2D eigenvalue weighted by atomic mass is 79.9. The van der Waals surface area contributed by atoms with Gasteiger partial charge in [0.25, 0.3) is 0 Å². The molecule has 0 heterocycles. The monoisotopic (exact) mass is 363 g/mol. The van der Waals surface area contributed by atoms with Gasteiger partial charge in [0.1, 0.15) is 5.60 Å². The van der Waals surface area contributed by atoms with Crippen molar-refractivity contribution in [3.8, 4) is 0 Å². The molecule has 0 spiro atoms. The Bertz CT molecular complexity index is 363. The predicted molar refractivity (Wildman–Crippen MR) is 86.6 cm³/mol. The van der Waals surface area contributed by atoms with Crippen LogP contribution in [0.1, 0.15) is 47.5 Å². The van der Waals surface area contributed by atoms with E-state index in [4.69, 9.17) is 9.47 Å². The Labute approximate surface area is 135 Å². The highest BCUT2D eigenvalue weighted by Gasteiger charge is 2.22. The summed E-state index contributed by atoms with van der Waals surface area (Å²) in [6.45, 7) is 9.56. The molecule has 0 unspecified atom stereocenters. The van der Waals surface area contributed by atoms with Gasteiger partial charge in [-0.25, -0.2) is 9.59 Å². The Morgan fingerprint density at radius 2 is 1.90 bits per heavy atom. The summed E-state index contributed by atoms with van der Waals surface area (Å²) >= 11 is 3.47. The summed E-state index contributed by atoms with van der Waals surface area (Å²) in [4.78, 5) is 22.9. The van der Waals surface area contributed by atoms with Gasteiger partial charge in [-0.05, 0) is 34.1 Å². The molecule has 0 aliphatic rings. The number of nitrogens with one attached hydrogen (secondary N) is 1. The Hall–Kier alpha value is -1.04. The van der Waals surface area contributed by atoms with E-state index in [0.717, 1.165) is 12.8 Å². The summed E-state index contributed by atoms with van der Waals surface area (Å²) in [5.41, 5.74) is -0.538. The van der Waals surface area contributed by atoms with Crippen LogP contribution in [0.5, 0.6) is 0 Å². The summed E-state index contributed by atoms with van der Waals surface area (Å²) in [7, 11) is 0. The maximum Gasteiger partial charge on any atom is 0.407 e. The van der Waals surface area contributed by atoms with Crippen LogP contribution < -0.4 is 5.32 Å². The van der Waals surface area contributed by atoms with Crippen molar-refractivity contribution in [1.82, 2.24) is 5.32 Å². The van der Waals surface area contributed by atoms with Crippen molar-refractivity contribution in [3.05, 3.63) is 12.2 Å². The van der Waals surface area contributed by atoms with E-state index in [1.165, 1.54) is 6.08 Å². The SMILES string of the molecule is CCC[C@@H](NC(=O)OC(C)(C)C)[C@@H](Br)/C=C/C(=O)OCC. The summed E-state index contributed by atoms with van der Waals surface area (Å²) < 4.78 is 10.1. The van der Waals surface area contributed by atoms with Crippen molar-refractivity contribution in [2.45, 2.75) is 63.9 Å². The quantitative estimate of drug-likeness (QED) is 0.426. The first-order valence-electron chi connectivity index (χ1n) is 7.18. The third-order valence-corrected chi connectivity index (χ3v) is 3.33. The standard InChI is InChI=1S/C15H26BrNO4/c1-6-8-12(17-14(19)21-15(3,4)5)11(16)9-10-13(18)20-7-2/h9-12H,6-8H2,1-5H3,(H,17,19)/b10-9+/t11-,12+/m0/s1. The van der Waals surface area contributed by atoms with Crippen molar-refractivity contribution >= 4 is 28.0 Å². The molecule has 0 saturated heterocycles. The highest BCUT2D eigenvalue weighted by molar-refractivity contribution is 9.09. The largest absolute Gasteiger partial charge is 0.463 e. The molecular weight excluding hydrogens is 338 g/mol. The van der Waals surface area contributed by atoms with Gasteiger partial charge in [-0.15, -0.1) is 0 Å². The molecule has 1 N–H and O–H groups in total. The summed E-state index contributed by atoms with van der Waals surface area (Å²) in [6, 6.07) is -0.157. The second-order valence-corrected chi connectivity index (χ2v) is 6.65. The molecule has 6 heteroatoms. The van der Waals surface area contributed by atoms with Gasteiger partial charge in [-0.2, -0.15) is 0 Å². The topological polar surface area (TPSA) is 64.6 Å². The fourth-order valence-electron chi connectivity index (χ4n) is 1.58. The van der Waals surface area contributed by atoms with Crippen molar-refractivity contribution in [2.75, 3.05) is 6.61 Å². The van der Waals surface area contributed by atoms with E-state index in [9.17, 15) is 9.59 Å². The van der Waals surface area contributed by atoms with E-state index in [2.05, 4.69) is 21.2 Å². The van der Waals surface area contributed by atoms with Crippen LogP contribution in [-0.2, 0) is 14.3 Å². The van der Waals surface area contributed by atoms with Crippen molar-refractivity contribution in [3.63, 3.8) is 0 Å². The third-order valence-electron chi connectivity index (χ3n) is 2.39. The fourth-order valence-corrected chi connectivity index (χ4v) is 2.13. The molecule has 0 rings (SSSR count). The molecule has 122 valence electrons.